The van der Waals surface area contributed by atoms with Gasteiger partial charge in [0, 0.05) is 5.69 Å². The molecule has 3 aromatic rings. The van der Waals surface area contributed by atoms with Crippen molar-refractivity contribution in [3.8, 4) is 11.4 Å². The van der Waals surface area contributed by atoms with E-state index in [0.29, 0.717) is 11.7 Å². The molecule has 8 heteroatoms. The Morgan fingerprint density at radius 3 is 2.60 bits per heavy atom. The molecule has 1 aliphatic rings. The average molecular weight is 406 g/mol. The third-order valence-electron chi connectivity index (χ3n) is 5.40. The van der Waals surface area contributed by atoms with Gasteiger partial charge in [-0.1, -0.05) is 18.2 Å². The van der Waals surface area contributed by atoms with Gasteiger partial charge in [-0.2, -0.15) is 4.68 Å². The lowest BCUT2D eigenvalue weighted by Crippen LogP contribution is -2.34. The standard InChI is InChI=1S/C22H26N6O2/c1-14-4-9-18(12-20(14)28-15(2)25-26-27-28)23-13-21(29)24-22(16-5-6-16)17-7-10-19(30-3)11-8-17/h4,7-12,16,22-23H,5-6,13H2,1-3H3,(H,24,29). The number of rotatable bonds is 8. The lowest BCUT2D eigenvalue weighted by atomic mass is 10.0. The average Bonchev–Trinajstić information content (AvgIpc) is 3.52. The fraction of sp³-hybridized carbons (Fsp3) is 0.364. The summed E-state index contributed by atoms with van der Waals surface area (Å²) >= 11 is 0. The minimum Gasteiger partial charge on any atom is -0.497 e. The number of carbonyl (C=O) groups excluding carboxylic acids is 1. The number of nitrogens with one attached hydrogen (secondary N) is 2. The van der Waals surface area contributed by atoms with Crippen molar-refractivity contribution in [1.29, 1.82) is 0 Å². The summed E-state index contributed by atoms with van der Waals surface area (Å²) in [5, 5.41) is 18.1. The van der Waals surface area contributed by atoms with Gasteiger partial charge in [-0.3, -0.25) is 4.79 Å². The van der Waals surface area contributed by atoms with Crippen molar-refractivity contribution in [2.45, 2.75) is 32.7 Å². The predicted octanol–water partition coefficient (Wildman–Crippen LogP) is 2.97. The zero-order chi connectivity index (χ0) is 21.1. The summed E-state index contributed by atoms with van der Waals surface area (Å²) in [5.41, 5.74) is 3.89. The molecule has 0 spiro atoms. The topological polar surface area (TPSA) is 94.0 Å². The van der Waals surface area contributed by atoms with E-state index >= 15 is 0 Å². The van der Waals surface area contributed by atoms with Gasteiger partial charge in [-0.05, 0) is 78.4 Å². The van der Waals surface area contributed by atoms with Crippen LogP contribution in [0, 0.1) is 19.8 Å². The number of carbonyl (C=O) groups is 1. The molecule has 2 N–H and O–H groups in total. The van der Waals surface area contributed by atoms with E-state index in [-0.39, 0.29) is 18.5 Å². The van der Waals surface area contributed by atoms with Crippen molar-refractivity contribution in [2.75, 3.05) is 19.0 Å². The van der Waals surface area contributed by atoms with E-state index in [0.717, 1.165) is 41.1 Å². The summed E-state index contributed by atoms with van der Waals surface area (Å²) < 4.78 is 6.92. The first-order chi connectivity index (χ1) is 14.5. The third kappa shape index (κ3) is 4.42. The molecule has 1 fully saturated rings. The molecule has 0 radical (unpaired) electrons. The summed E-state index contributed by atoms with van der Waals surface area (Å²) in [7, 11) is 1.65. The van der Waals surface area contributed by atoms with Crippen LogP contribution in [0.25, 0.3) is 5.69 Å². The number of aryl methyl sites for hydroxylation is 2. The molecule has 0 aliphatic heterocycles. The maximum atomic E-state index is 12.7. The number of hydrogen-bond donors (Lipinski definition) is 2. The van der Waals surface area contributed by atoms with Crippen LogP contribution in [-0.4, -0.2) is 39.8 Å². The Morgan fingerprint density at radius 1 is 1.20 bits per heavy atom. The molecule has 1 saturated carbocycles. The Balaban J connectivity index is 1.41. The minimum absolute atomic E-state index is 0.0302. The highest BCUT2D eigenvalue weighted by molar-refractivity contribution is 5.81. The van der Waals surface area contributed by atoms with Crippen LogP contribution in [0.2, 0.25) is 0 Å². The number of hydrogen-bond acceptors (Lipinski definition) is 6. The second-order valence-electron chi connectivity index (χ2n) is 7.65. The van der Waals surface area contributed by atoms with Crippen LogP contribution in [-0.2, 0) is 4.79 Å². The van der Waals surface area contributed by atoms with E-state index in [1.807, 2.05) is 56.3 Å². The van der Waals surface area contributed by atoms with Gasteiger partial charge in [0.2, 0.25) is 5.91 Å². The quantitative estimate of drug-likeness (QED) is 0.597. The highest BCUT2D eigenvalue weighted by Gasteiger charge is 2.33. The largest absolute Gasteiger partial charge is 0.497 e. The second-order valence-corrected chi connectivity index (χ2v) is 7.65. The number of tetrazole rings is 1. The Bertz CT molecular complexity index is 1030. The first kappa shape index (κ1) is 19.9. The Labute approximate surface area is 175 Å². The molecule has 8 nitrogen and oxygen atoms in total. The van der Waals surface area contributed by atoms with Crippen LogP contribution in [0.15, 0.2) is 42.5 Å². The normalized spacial score (nSPS) is 14.2. The van der Waals surface area contributed by atoms with Gasteiger partial charge in [0.25, 0.3) is 0 Å². The van der Waals surface area contributed by atoms with E-state index in [1.54, 1.807) is 11.8 Å². The molecular formula is C22H26N6O2. The number of ether oxygens (including phenoxy) is 1. The van der Waals surface area contributed by atoms with Crippen molar-refractivity contribution < 1.29 is 9.53 Å². The number of aromatic nitrogens is 4. The number of methoxy groups -OCH3 is 1. The Hall–Kier alpha value is -3.42. The molecule has 1 atom stereocenters. The highest BCUT2D eigenvalue weighted by Crippen LogP contribution is 2.41. The van der Waals surface area contributed by atoms with Crippen molar-refractivity contribution in [3.05, 3.63) is 59.4 Å². The van der Waals surface area contributed by atoms with Crippen LogP contribution in [0.3, 0.4) is 0 Å². The van der Waals surface area contributed by atoms with Crippen LogP contribution in [0.4, 0.5) is 5.69 Å². The molecule has 0 bridgehead atoms. The lowest BCUT2D eigenvalue weighted by Gasteiger charge is -2.20. The second kappa shape index (κ2) is 8.52. The molecule has 4 rings (SSSR count). The van der Waals surface area contributed by atoms with E-state index in [4.69, 9.17) is 4.74 Å². The molecule has 1 amide bonds. The zero-order valence-electron chi connectivity index (χ0n) is 17.4. The lowest BCUT2D eigenvalue weighted by molar-refractivity contribution is -0.120. The predicted molar refractivity (Wildman–Crippen MR) is 114 cm³/mol. The van der Waals surface area contributed by atoms with E-state index < -0.39 is 0 Å². The van der Waals surface area contributed by atoms with Gasteiger partial charge >= 0.3 is 0 Å². The highest BCUT2D eigenvalue weighted by atomic mass is 16.5. The number of anilines is 1. The SMILES string of the molecule is COc1ccc(C(NC(=O)CNc2ccc(C)c(-n3nnnc3C)c2)C2CC2)cc1. The number of amides is 1. The fourth-order valence-electron chi connectivity index (χ4n) is 3.52. The van der Waals surface area contributed by atoms with Gasteiger partial charge in [-0.15, -0.1) is 5.10 Å². The summed E-state index contributed by atoms with van der Waals surface area (Å²) in [6.07, 6.45) is 2.27. The van der Waals surface area contributed by atoms with Gasteiger partial charge in [-0.25, -0.2) is 0 Å². The molecule has 1 aliphatic carbocycles. The van der Waals surface area contributed by atoms with Crippen molar-refractivity contribution in [3.63, 3.8) is 0 Å². The Kier molecular flexibility index (Phi) is 5.65. The van der Waals surface area contributed by atoms with Gasteiger partial charge in [0.1, 0.15) is 5.75 Å². The first-order valence-electron chi connectivity index (χ1n) is 10.1. The zero-order valence-corrected chi connectivity index (χ0v) is 17.4. The van der Waals surface area contributed by atoms with Crippen LogP contribution in [0.5, 0.6) is 5.75 Å². The van der Waals surface area contributed by atoms with E-state index in [1.165, 1.54) is 0 Å². The maximum absolute atomic E-state index is 12.7. The van der Waals surface area contributed by atoms with Crippen LogP contribution < -0.4 is 15.4 Å². The van der Waals surface area contributed by atoms with E-state index in [2.05, 4.69) is 26.2 Å². The molecule has 1 heterocycles. The van der Waals surface area contributed by atoms with Crippen LogP contribution >= 0.6 is 0 Å². The summed E-state index contributed by atoms with van der Waals surface area (Å²) in [5.74, 6) is 1.98. The number of nitrogens with zero attached hydrogens (tertiary/aromatic N) is 4. The third-order valence-corrected chi connectivity index (χ3v) is 5.40. The smallest absolute Gasteiger partial charge is 0.239 e. The number of benzene rings is 2. The summed E-state index contributed by atoms with van der Waals surface area (Å²) in [6, 6.07) is 13.8. The van der Waals surface area contributed by atoms with Crippen molar-refractivity contribution >= 4 is 11.6 Å². The summed E-state index contributed by atoms with van der Waals surface area (Å²) in [4.78, 5) is 12.7. The molecule has 1 unspecified atom stereocenters. The van der Waals surface area contributed by atoms with Crippen LogP contribution in [0.1, 0.15) is 35.8 Å². The minimum atomic E-state index is -0.0385. The van der Waals surface area contributed by atoms with E-state index in [9.17, 15) is 4.79 Å². The Morgan fingerprint density at radius 2 is 1.97 bits per heavy atom. The van der Waals surface area contributed by atoms with Crippen molar-refractivity contribution in [1.82, 2.24) is 25.5 Å². The summed E-state index contributed by atoms with van der Waals surface area (Å²) in [6.45, 7) is 4.04. The molecular weight excluding hydrogens is 380 g/mol. The molecule has 0 saturated heterocycles. The monoisotopic (exact) mass is 406 g/mol. The molecule has 30 heavy (non-hydrogen) atoms. The fourth-order valence-corrected chi connectivity index (χ4v) is 3.52. The van der Waals surface area contributed by atoms with Gasteiger partial charge < -0.3 is 15.4 Å². The molecule has 1 aromatic heterocycles. The van der Waals surface area contributed by atoms with Gasteiger partial charge in [0.05, 0.1) is 25.4 Å². The van der Waals surface area contributed by atoms with Gasteiger partial charge in [0.15, 0.2) is 5.82 Å². The van der Waals surface area contributed by atoms with Crippen molar-refractivity contribution in [2.24, 2.45) is 5.92 Å². The first-order valence-corrected chi connectivity index (χ1v) is 10.1. The molecule has 2 aromatic carbocycles. The molecule has 156 valence electrons. The maximum Gasteiger partial charge on any atom is 0.239 e.